The summed E-state index contributed by atoms with van der Waals surface area (Å²) in [5, 5.41) is 14.3. The molecule has 0 radical (unpaired) electrons. The van der Waals surface area contributed by atoms with E-state index in [1.165, 1.54) is 23.7 Å². The molecule has 2 rings (SSSR count). The van der Waals surface area contributed by atoms with Crippen molar-refractivity contribution in [1.82, 2.24) is 9.36 Å². The summed E-state index contributed by atoms with van der Waals surface area (Å²) < 4.78 is 9.12. The molecular weight excluding hydrogens is 268 g/mol. The van der Waals surface area contributed by atoms with E-state index in [2.05, 4.69) is 14.7 Å². The van der Waals surface area contributed by atoms with Gasteiger partial charge < -0.3 is 10.1 Å². The molecule has 100 valence electrons. The molecule has 0 spiro atoms. The molecule has 1 aromatic carbocycles. The highest BCUT2D eigenvalue weighted by molar-refractivity contribution is 7.09. The second-order valence-electron chi connectivity index (χ2n) is 3.65. The van der Waals surface area contributed by atoms with E-state index in [0.717, 1.165) is 5.56 Å². The lowest BCUT2D eigenvalue weighted by Crippen LogP contribution is -2.06. The van der Waals surface area contributed by atoms with Gasteiger partial charge >= 0.3 is 0 Å². The molecule has 7 nitrogen and oxygen atoms in total. The Kier molecular flexibility index (Phi) is 4.37. The number of methoxy groups -OCH3 is 1. The topological polar surface area (TPSA) is 90.2 Å². The molecule has 0 unspecified atom stereocenters. The van der Waals surface area contributed by atoms with Gasteiger partial charge in [-0.15, -0.1) is 0 Å². The zero-order chi connectivity index (χ0) is 13.7. The van der Waals surface area contributed by atoms with E-state index in [0.29, 0.717) is 24.1 Å². The highest BCUT2D eigenvalue weighted by Gasteiger charge is 2.09. The van der Waals surface area contributed by atoms with Gasteiger partial charge in [-0.2, -0.15) is 9.36 Å². The molecule has 1 aromatic heterocycles. The zero-order valence-corrected chi connectivity index (χ0v) is 11.0. The SMILES string of the molecule is COCCNc1nc(-c2ccc([N+](=O)[O-])cc2)ns1. The van der Waals surface area contributed by atoms with Gasteiger partial charge in [-0.25, -0.2) is 0 Å². The first-order chi connectivity index (χ1) is 9.20. The van der Waals surface area contributed by atoms with E-state index in [-0.39, 0.29) is 5.69 Å². The fraction of sp³-hybridized carbons (Fsp3) is 0.273. The molecule has 0 saturated carbocycles. The van der Waals surface area contributed by atoms with Gasteiger partial charge in [0.1, 0.15) is 0 Å². The quantitative estimate of drug-likeness (QED) is 0.495. The van der Waals surface area contributed by atoms with Crippen LogP contribution >= 0.6 is 11.5 Å². The number of anilines is 1. The minimum absolute atomic E-state index is 0.0532. The van der Waals surface area contributed by atoms with Crippen LogP contribution in [0.3, 0.4) is 0 Å². The van der Waals surface area contributed by atoms with Gasteiger partial charge in [-0.3, -0.25) is 10.1 Å². The van der Waals surface area contributed by atoms with Crippen molar-refractivity contribution in [3.05, 3.63) is 34.4 Å². The number of hydrogen-bond acceptors (Lipinski definition) is 7. The lowest BCUT2D eigenvalue weighted by atomic mass is 10.2. The van der Waals surface area contributed by atoms with Crippen LogP contribution in [-0.2, 0) is 4.74 Å². The molecule has 0 bridgehead atoms. The van der Waals surface area contributed by atoms with Crippen LogP contribution < -0.4 is 5.32 Å². The normalized spacial score (nSPS) is 10.4. The molecule has 2 aromatic rings. The molecule has 0 amide bonds. The Bertz CT molecular complexity index is 555. The van der Waals surface area contributed by atoms with E-state index in [4.69, 9.17) is 4.74 Å². The lowest BCUT2D eigenvalue weighted by Gasteiger charge is -1.99. The number of nitro groups is 1. The zero-order valence-electron chi connectivity index (χ0n) is 10.2. The van der Waals surface area contributed by atoms with Gasteiger partial charge in [0.15, 0.2) is 5.82 Å². The smallest absolute Gasteiger partial charge is 0.269 e. The van der Waals surface area contributed by atoms with Crippen LogP contribution in [0.5, 0.6) is 0 Å². The average molecular weight is 280 g/mol. The van der Waals surface area contributed by atoms with Crippen LogP contribution in [0.1, 0.15) is 0 Å². The number of nitrogens with zero attached hydrogens (tertiary/aromatic N) is 3. The molecular formula is C11H12N4O3S. The monoisotopic (exact) mass is 280 g/mol. The van der Waals surface area contributed by atoms with Gasteiger partial charge in [0.25, 0.3) is 5.69 Å². The van der Waals surface area contributed by atoms with Crippen LogP contribution in [0.25, 0.3) is 11.4 Å². The first-order valence-corrected chi connectivity index (χ1v) is 6.29. The Morgan fingerprint density at radius 1 is 1.42 bits per heavy atom. The predicted molar refractivity (Wildman–Crippen MR) is 72.4 cm³/mol. The van der Waals surface area contributed by atoms with Crippen LogP contribution in [0, 0.1) is 10.1 Å². The van der Waals surface area contributed by atoms with Crippen molar-refractivity contribution >= 4 is 22.4 Å². The van der Waals surface area contributed by atoms with Crippen molar-refractivity contribution in [3.8, 4) is 11.4 Å². The molecule has 0 aliphatic heterocycles. The molecule has 0 aliphatic rings. The van der Waals surface area contributed by atoms with Gasteiger partial charge in [0.2, 0.25) is 5.13 Å². The highest BCUT2D eigenvalue weighted by Crippen LogP contribution is 2.23. The van der Waals surface area contributed by atoms with Crippen LogP contribution in [-0.4, -0.2) is 34.5 Å². The predicted octanol–water partition coefficient (Wildman–Crippen LogP) is 2.17. The van der Waals surface area contributed by atoms with Crippen molar-refractivity contribution in [3.63, 3.8) is 0 Å². The number of aromatic nitrogens is 2. The first-order valence-electron chi connectivity index (χ1n) is 5.52. The summed E-state index contributed by atoms with van der Waals surface area (Å²) in [6, 6.07) is 6.15. The van der Waals surface area contributed by atoms with Gasteiger partial charge in [0.05, 0.1) is 11.5 Å². The van der Waals surface area contributed by atoms with Crippen LogP contribution in [0.2, 0.25) is 0 Å². The van der Waals surface area contributed by atoms with Gasteiger partial charge in [-0.1, -0.05) is 0 Å². The van der Waals surface area contributed by atoms with Gasteiger partial charge in [0, 0.05) is 42.9 Å². The minimum atomic E-state index is -0.435. The van der Waals surface area contributed by atoms with Gasteiger partial charge in [-0.05, 0) is 12.1 Å². The van der Waals surface area contributed by atoms with E-state index in [1.54, 1.807) is 19.2 Å². The maximum Gasteiger partial charge on any atom is 0.269 e. The summed E-state index contributed by atoms with van der Waals surface area (Å²) in [6.07, 6.45) is 0. The number of nitro benzene ring substituents is 1. The number of benzene rings is 1. The second kappa shape index (κ2) is 6.21. The third kappa shape index (κ3) is 3.46. The maximum absolute atomic E-state index is 10.6. The molecule has 0 atom stereocenters. The number of nitrogens with one attached hydrogen (secondary N) is 1. The molecule has 19 heavy (non-hydrogen) atoms. The number of non-ortho nitro benzene ring substituents is 1. The Labute approximate surface area is 113 Å². The molecule has 0 aliphatic carbocycles. The second-order valence-corrected chi connectivity index (χ2v) is 4.40. The minimum Gasteiger partial charge on any atom is -0.383 e. The van der Waals surface area contributed by atoms with Crippen LogP contribution in [0.15, 0.2) is 24.3 Å². The number of hydrogen-bond donors (Lipinski definition) is 1. The van der Waals surface area contributed by atoms with E-state index in [9.17, 15) is 10.1 Å². The molecule has 1 heterocycles. The summed E-state index contributed by atoms with van der Waals surface area (Å²) in [4.78, 5) is 14.4. The van der Waals surface area contributed by atoms with Crippen molar-refractivity contribution in [2.45, 2.75) is 0 Å². The lowest BCUT2D eigenvalue weighted by molar-refractivity contribution is -0.384. The molecule has 0 saturated heterocycles. The Hall–Kier alpha value is -2.06. The highest BCUT2D eigenvalue weighted by atomic mass is 32.1. The number of ether oxygens (including phenoxy) is 1. The largest absolute Gasteiger partial charge is 0.383 e. The molecule has 8 heteroatoms. The fourth-order valence-electron chi connectivity index (χ4n) is 1.40. The van der Waals surface area contributed by atoms with Crippen LogP contribution in [0.4, 0.5) is 10.8 Å². The summed E-state index contributed by atoms with van der Waals surface area (Å²) in [7, 11) is 1.63. The third-order valence-corrected chi connectivity index (χ3v) is 3.02. The number of rotatable bonds is 6. The summed E-state index contributed by atoms with van der Waals surface area (Å²) in [6.45, 7) is 1.25. The van der Waals surface area contributed by atoms with E-state index in [1.807, 2.05) is 0 Å². The van der Waals surface area contributed by atoms with E-state index >= 15 is 0 Å². The average Bonchev–Trinajstić information content (AvgIpc) is 2.88. The molecule has 1 N–H and O–H groups in total. The first kappa shape index (κ1) is 13.4. The Morgan fingerprint density at radius 2 is 2.16 bits per heavy atom. The Balaban J connectivity index is 2.07. The fourth-order valence-corrected chi connectivity index (χ4v) is 2.02. The van der Waals surface area contributed by atoms with Crippen molar-refractivity contribution in [2.24, 2.45) is 0 Å². The maximum atomic E-state index is 10.6. The summed E-state index contributed by atoms with van der Waals surface area (Å²) in [5.41, 5.74) is 0.805. The van der Waals surface area contributed by atoms with Crippen molar-refractivity contribution in [1.29, 1.82) is 0 Å². The summed E-state index contributed by atoms with van der Waals surface area (Å²) >= 11 is 1.24. The van der Waals surface area contributed by atoms with Crippen molar-refractivity contribution < 1.29 is 9.66 Å². The third-order valence-electron chi connectivity index (χ3n) is 2.34. The Morgan fingerprint density at radius 3 is 2.79 bits per heavy atom. The van der Waals surface area contributed by atoms with E-state index < -0.39 is 4.92 Å². The summed E-state index contributed by atoms with van der Waals surface area (Å²) in [5.74, 6) is 0.555. The standard InChI is InChI=1S/C11H12N4O3S/c1-18-7-6-12-11-13-10(14-19-11)8-2-4-9(5-3-8)15(16)17/h2-5H,6-7H2,1H3,(H,12,13,14). The van der Waals surface area contributed by atoms with Crippen molar-refractivity contribution in [2.75, 3.05) is 25.6 Å². The molecule has 0 fully saturated rings.